The molecule has 2 N–H and O–H groups in total. The highest BCUT2D eigenvalue weighted by molar-refractivity contribution is 7.99. The molecule has 2 aliphatic heterocycles. The largest absolute Gasteiger partial charge is 0.479 e. The predicted molar refractivity (Wildman–Crippen MR) is 109 cm³/mol. The van der Waals surface area contributed by atoms with Gasteiger partial charge in [-0.2, -0.15) is 0 Å². The normalized spacial score (nSPS) is 20.8. The number of carbonyl (C=O) groups is 2. The molecule has 6 nitrogen and oxygen atoms in total. The van der Waals surface area contributed by atoms with Crippen molar-refractivity contribution in [3.05, 3.63) is 48.0 Å². The zero-order chi connectivity index (χ0) is 19.5. The Balaban J connectivity index is 1.47. The van der Waals surface area contributed by atoms with Crippen LogP contribution in [0.15, 0.2) is 47.4 Å². The van der Waals surface area contributed by atoms with E-state index in [1.165, 1.54) is 0 Å². The molecule has 0 aliphatic carbocycles. The molecule has 146 valence electrons. The molecular weight excluding hydrogens is 376 g/mol. The van der Waals surface area contributed by atoms with Gasteiger partial charge in [0.2, 0.25) is 0 Å². The summed E-state index contributed by atoms with van der Waals surface area (Å²) in [7, 11) is 0. The number of fused-ring (bicyclic) bond motifs is 1. The molecule has 1 saturated heterocycles. The van der Waals surface area contributed by atoms with E-state index in [0.717, 1.165) is 30.1 Å². The monoisotopic (exact) mass is 398 g/mol. The average molecular weight is 398 g/mol. The lowest BCUT2D eigenvalue weighted by atomic mass is 10.2. The smallest absolute Gasteiger partial charge is 0.265 e. The number of benzene rings is 2. The highest BCUT2D eigenvalue weighted by atomic mass is 32.2. The van der Waals surface area contributed by atoms with Crippen LogP contribution in [0.25, 0.3) is 0 Å². The van der Waals surface area contributed by atoms with E-state index in [1.807, 2.05) is 24.3 Å². The molecule has 0 aromatic heterocycles. The first-order chi connectivity index (χ1) is 13.6. The van der Waals surface area contributed by atoms with E-state index in [4.69, 9.17) is 9.47 Å². The van der Waals surface area contributed by atoms with Gasteiger partial charge in [-0.05, 0) is 50.1 Å². The Hall–Kier alpha value is -2.51. The summed E-state index contributed by atoms with van der Waals surface area (Å²) in [5.41, 5.74) is 1.78. The second kappa shape index (κ2) is 8.24. The number of thioether (sulfide) groups is 1. The maximum Gasteiger partial charge on any atom is 0.265 e. The van der Waals surface area contributed by atoms with E-state index in [1.54, 1.807) is 36.9 Å². The topological polar surface area (TPSA) is 76.7 Å². The fraction of sp³-hybridized carbons (Fsp3) is 0.333. The van der Waals surface area contributed by atoms with Gasteiger partial charge < -0.3 is 20.1 Å². The number of hydrogen-bond donors (Lipinski definition) is 2. The molecule has 2 aliphatic rings. The molecule has 2 aromatic rings. The molecule has 1 fully saturated rings. The lowest BCUT2D eigenvalue weighted by Gasteiger charge is -2.23. The summed E-state index contributed by atoms with van der Waals surface area (Å²) in [6.45, 7) is 2.52. The SMILES string of the molecule is C[C@H]1Oc2ccc(NC(=O)c3ccccc3SC[C@H]3CCCO3)cc2NC1=O. The number of anilines is 2. The number of ether oxygens (including phenoxy) is 2. The molecule has 2 heterocycles. The second-order valence-electron chi connectivity index (χ2n) is 6.86. The Morgan fingerprint density at radius 3 is 2.96 bits per heavy atom. The van der Waals surface area contributed by atoms with Crippen molar-refractivity contribution in [3.8, 4) is 5.75 Å². The van der Waals surface area contributed by atoms with Crippen LogP contribution in [0.3, 0.4) is 0 Å². The second-order valence-corrected chi connectivity index (χ2v) is 7.92. The third kappa shape index (κ3) is 4.15. The zero-order valence-electron chi connectivity index (χ0n) is 15.6. The maximum absolute atomic E-state index is 12.8. The molecule has 2 atom stereocenters. The van der Waals surface area contributed by atoms with Crippen molar-refractivity contribution in [2.24, 2.45) is 0 Å². The Labute approximate surface area is 168 Å². The molecule has 0 saturated carbocycles. The van der Waals surface area contributed by atoms with Crippen LogP contribution in [0.2, 0.25) is 0 Å². The van der Waals surface area contributed by atoms with Crippen molar-refractivity contribution in [1.82, 2.24) is 0 Å². The molecule has 0 spiro atoms. The average Bonchev–Trinajstić information content (AvgIpc) is 3.21. The van der Waals surface area contributed by atoms with Gasteiger partial charge in [0.05, 0.1) is 17.4 Å². The van der Waals surface area contributed by atoms with Crippen LogP contribution in [-0.2, 0) is 9.53 Å². The molecule has 4 rings (SSSR count). The van der Waals surface area contributed by atoms with Crippen LogP contribution >= 0.6 is 11.8 Å². The van der Waals surface area contributed by atoms with Gasteiger partial charge >= 0.3 is 0 Å². The standard InChI is InChI=1S/C21H22N2O4S/c1-13-20(24)23-17-11-14(8-9-18(17)27-13)22-21(25)16-6-2-3-7-19(16)28-12-15-5-4-10-26-15/h2-3,6-9,11,13,15H,4-5,10,12H2,1H3,(H,22,25)(H,23,24)/t13-,15-/m1/s1. The van der Waals surface area contributed by atoms with E-state index in [2.05, 4.69) is 10.6 Å². The molecule has 28 heavy (non-hydrogen) atoms. The summed E-state index contributed by atoms with van der Waals surface area (Å²) in [4.78, 5) is 25.6. The van der Waals surface area contributed by atoms with Crippen molar-refractivity contribution in [2.45, 2.75) is 36.9 Å². The minimum absolute atomic E-state index is 0.188. The number of rotatable bonds is 5. The number of hydrogen-bond acceptors (Lipinski definition) is 5. The van der Waals surface area contributed by atoms with Crippen molar-refractivity contribution >= 4 is 35.0 Å². The van der Waals surface area contributed by atoms with Crippen LogP contribution in [0.1, 0.15) is 30.1 Å². The summed E-state index contributed by atoms with van der Waals surface area (Å²) in [6.07, 6.45) is 1.90. The quantitative estimate of drug-likeness (QED) is 0.747. The summed E-state index contributed by atoms with van der Waals surface area (Å²) in [6, 6.07) is 12.8. The first-order valence-electron chi connectivity index (χ1n) is 9.36. The Bertz CT molecular complexity index is 896. The highest BCUT2D eigenvalue weighted by Crippen LogP contribution is 2.33. The van der Waals surface area contributed by atoms with E-state index < -0.39 is 6.10 Å². The fourth-order valence-electron chi connectivity index (χ4n) is 3.22. The van der Waals surface area contributed by atoms with Crippen LogP contribution in [0.4, 0.5) is 11.4 Å². The first-order valence-corrected chi connectivity index (χ1v) is 10.3. The summed E-state index contributed by atoms with van der Waals surface area (Å²) < 4.78 is 11.2. The number of amides is 2. The number of carbonyl (C=O) groups excluding carboxylic acids is 2. The van der Waals surface area contributed by atoms with Gasteiger partial charge in [0.15, 0.2) is 6.10 Å². The Kier molecular flexibility index (Phi) is 5.54. The van der Waals surface area contributed by atoms with Crippen LogP contribution in [0.5, 0.6) is 5.75 Å². The summed E-state index contributed by atoms with van der Waals surface area (Å²) in [5, 5.41) is 5.71. The van der Waals surface area contributed by atoms with Crippen molar-refractivity contribution < 1.29 is 19.1 Å². The molecule has 0 unspecified atom stereocenters. The summed E-state index contributed by atoms with van der Waals surface area (Å²) in [5.74, 6) is 1.04. The van der Waals surface area contributed by atoms with Gasteiger partial charge in [0, 0.05) is 22.9 Å². The zero-order valence-corrected chi connectivity index (χ0v) is 16.4. The van der Waals surface area contributed by atoms with E-state index >= 15 is 0 Å². The Morgan fingerprint density at radius 2 is 2.14 bits per heavy atom. The van der Waals surface area contributed by atoms with E-state index in [9.17, 15) is 9.59 Å². The predicted octanol–water partition coefficient (Wildman–Crippen LogP) is 3.93. The van der Waals surface area contributed by atoms with Gasteiger partial charge in [-0.1, -0.05) is 12.1 Å². The summed E-state index contributed by atoms with van der Waals surface area (Å²) >= 11 is 1.64. The van der Waals surface area contributed by atoms with Crippen molar-refractivity contribution in [2.75, 3.05) is 23.0 Å². The minimum atomic E-state index is -0.527. The van der Waals surface area contributed by atoms with Crippen LogP contribution < -0.4 is 15.4 Å². The fourth-order valence-corrected chi connectivity index (χ4v) is 4.34. The van der Waals surface area contributed by atoms with Crippen LogP contribution in [-0.4, -0.2) is 36.4 Å². The maximum atomic E-state index is 12.8. The van der Waals surface area contributed by atoms with E-state index in [-0.39, 0.29) is 17.9 Å². The molecule has 0 radical (unpaired) electrons. The molecular formula is C21H22N2O4S. The molecule has 0 bridgehead atoms. The lowest BCUT2D eigenvalue weighted by Crippen LogP contribution is -2.34. The van der Waals surface area contributed by atoms with Crippen molar-refractivity contribution in [1.29, 1.82) is 0 Å². The molecule has 7 heteroatoms. The van der Waals surface area contributed by atoms with Gasteiger partial charge in [0.1, 0.15) is 5.75 Å². The van der Waals surface area contributed by atoms with Gasteiger partial charge in [-0.3, -0.25) is 9.59 Å². The molecule has 2 amide bonds. The third-order valence-electron chi connectivity index (χ3n) is 4.75. The van der Waals surface area contributed by atoms with Gasteiger partial charge in [-0.15, -0.1) is 11.8 Å². The van der Waals surface area contributed by atoms with Crippen molar-refractivity contribution in [3.63, 3.8) is 0 Å². The minimum Gasteiger partial charge on any atom is -0.479 e. The Morgan fingerprint density at radius 1 is 1.29 bits per heavy atom. The molecule has 2 aromatic carbocycles. The van der Waals surface area contributed by atoms with Crippen LogP contribution in [0, 0.1) is 0 Å². The third-order valence-corrected chi connectivity index (χ3v) is 5.95. The van der Waals surface area contributed by atoms with Gasteiger partial charge in [0.25, 0.3) is 11.8 Å². The first kappa shape index (κ1) is 18.8. The lowest BCUT2D eigenvalue weighted by molar-refractivity contribution is -0.122. The highest BCUT2D eigenvalue weighted by Gasteiger charge is 2.24. The van der Waals surface area contributed by atoms with Gasteiger partial charge in [-0.25, -0.2) is 0 Å². The van der Waals surface area contributed by atoms with E-state index in [0.29, 0.717) is 22.7 Å². The number of nitrogens with one attached hydrogen (secondary N) is 2.